The average molecular weight is 318 g/mol. The van der Waals surface area contributed by atoms with E-state index in [0.717, 1.165) is 5.69 Å². The van der Waals surface area contributed by atoms with Gasteiger partial charge in [-0.25, -0.2) is 4.39 Å². The van der Waals surface area contributed by atoms with E-state index in [4.69, 9.17) is 4.74 Å². The number of aliphatic hydroxyl groups is 1. The Kier molecular flexibility index (Phi) is 6.50. The van der Waals surface area contributed by atoms with Crippen LogP contribution in [0.4, 0.5) is 4.39 Å². The first-order chi connectivity index (χ1) is 11.0. The number of hydrogen-bond acceptors (Lipinski definition) is 4. The molecule has 23 heavy (non-hydrogen) atoms. The van der Waals surface area contributed by atoms with Gasteiger partial charge in [0, 0.05) is 25.3 Å². The largest absolute Gasteiger partial charge is 0.491 e. The van der Waals surface area contributed by atoms with Crippen LogP contribution in [0, 0.1) is 5.82 Å². The smallest absolute Gasteiger partial charge is 0.123 e. The highest BCUT2D eigenvalue weighted by atomic mass is 19.1. The molecule has 0 aliphatic rings. The van der Waals surface area contributed by atoms with Crippen molar-refractivity contribution < 1.29 is 14.2 Å². The second kappa shape index (κ2) is 8.60. The zero-order valence-corrected chi connectivity index (χ0v) is 13.5. The Labute approximate surface area is 136 Å². The minimum absolute atomic E-state index is 0.164. The lowest BCUT2D eigenvalue weighted by Gasteiger charge is -2.28. The summed E-state index contributed by atoms with van der Waals surface area (Å²) in [6.45, 7) is 5.48. The van der Waals surface area contributed by atoms with Crippen LogP contribution in [0.3, 0.4) is 0 Å². The summed E-state index contributed by atoms with van der Waals surface area (Å²) in [5.74, 6) is 0.241. The summed E-state index contributed by atoms with van der Waals surface area (Å²) >= 11 is 0. The quantitative estimate of drug-likeness (QED) is 0.813. The molecule has 2 aromatic rings. The number of pyridine rings is 1. The Hall–Kier alpha value is -1.98. The Morgan fingerprint density at radius 1 is 1.17 bits per heavy atom. The molecule has 0 saturated carbocycles. The maximum absolute atomic E-state index is 12.8. The van der Waals surface area contributed by atoms with Crippen molar-refractivity contribution in [3.8, 4) is 5.75 Å². The molecule has 1 aromatic carbocycles. The van der Waals surface area contributed by atoms with Crippen molar-refractivity contribution in [2.45, 2.75) is 32.5 Å². The molecule has 5 heteroatoms. The molecule has 0 amide bonds. The van der Waals surface area contributed by atoms with Gasteiger partial charge in [0.05, 0.1) is 5.69 Å². The number of nitrogens with zero attached hydrogens (tertiary/aromatic N) is 2. The second-order valence-corrected chi connectivity index (χ2v) is 5.76. The average Bonchev–Trinajstić information content (AvgIpc) is 2.54. The number of benzene rings is 1. The van der Waals surface area contributed by atoms with Gasteiger partial charge in [0.15, 0.2) is 0 Å². The van der Waals surface area contributed by atoms with Crippen LogP contribution in [-0.4, -0.2) is 40.3 Å². The lowest BCUT2D eigenvalue weighted by molar-refractivity contribution is 0.0538. The van der Waals surface area contributed by atoms with Crippen LogP contribution < -0.4 is 4.74 Å². The maximum Gasteiger partial charge on any atom is 0.123 e. The van der Waals surface area contributed by atoms with Gasteiger partial charge in [-0.05, 0) is 50.2 Å². The van der Waals surface area contributed by atoms with E-state index in [1.165, 1.54) is 12.1 Å². The van der Waals surface area contributed by atoms with Crippen molar-refractivity contribution in [2.24, 2.45) is 0 Å². The summed E-state index contributed by atoms with van der Waals surface area (Å²) in [5, 5.41) is 10.2. The molecule has 0 saturated heterocycles. The summed E-state index contributed by atoms with van der Waals surface area (Å²) in [5.41, 5.74) is 0.966. The van der Waals surface area contributed by atoms with Gasteiger partial charge >= 0.3 is 0 Å². The van der Waals surface area contributed by atoms with Crippen LogP contribution in [0.15, 0.2) is 48.7 Å². The van der Waals surface area contributed by atoms with Crippen LogP contribution in [0.25, 0.3) is 0 Å². The van der Waals surface area contributed by atoms with Gasteiger partial charge in [0.1, 0.15) is 24.3 Å². The molecule has 0 radical (unpaired) electrons. The van der Waals surface area contributed by atoms with Crippen LogP contribution in [0.5, 0.6) is 5.75 Å². The number of aliphatic hydroxyl groups excluding tert-OH is 1. The van der Waals surface area contributed by atoms with Crippen molar-refractivity contribution in [1.29, 1.82) is 0 Å². The summed E-state index contributed by atoms with van der Waals surface area (Å²) in [4.78, 5) is 6.46. The molecule has 0 bridgehead atoms. The summed E-state index contributed by atoms with van der Waals surface area (Å²) in [6.07, 6.45) is 1.13. The van der Waals surface area contributed by atoms with Crippen molar-refractivity contribution in [3.63, 3.8) is 0 Å². The fourth-order valence-corrected chi connectivity index (χ4v) is 2.20. The van der Waals surface area contributed by atoms with Crippen molar-refractivity contribution in [1.82, 2.24) is 9.88 Å². The summed E-state index contributed by atoms with van der Waals surface area (Å²) in [7, 11) is 0. The number of ether oxygens (including phenoxy) is 1. The highest BCUT2D eigenvalue weighted by Crippen LogP contribution is 2.12. The zero-order chi connectivity index (χ0) is 16.7. The molecule has 2 rings (SSSR count). The third kappa shape index (κ3) is 5.96. The minimum Gasteiger partial charge on any atom is -0.491 e. The Balaban J connectivity index is 1.85. The second-order valence-electron chi connectivity index (χ2n) is 5.76. The molecule has 1 atom stereocenters. The van der Waals surface area contributed by atoms with E-state index in [0.29, 0.717) is 18.8 Å². The first-order valence-electron chi connectivity index (χ1n) is 7.75. The van der Waals surface area contributed by atoms with E-state index in [1.54, 1.807) is 18.3 Å². The van der Waals surface area contributed by atoms with E-state index < -0.39 is 6.10 Å². The van der Waals surface area contributed by atoms with Gasteiger partial charge in [-0.3, -0.25) is 9.88 Å². The van der Waals surface area contributed by atoms with E-state index >= 15 is 0 Å². The molecule has 4 nitrogen and oxygen atoms in total. The Morgan fingerprint density at radius 3 is 2.52 bits per heavy atom. The standard InChI is InChI=1S/C18H23FN2O2/c1-14(2)21(11-16-5-3-4-10-20-16)12-17(22)13-23-18-8-6-15(19)7-9-18/h3-10,14,17,22H,11-13H2,1-2H3/t17-/m0/s1. The van der Waals surface area contributed by atoms with Gasteiger partial charge < -0.3 is 9.84 Å². The highest BCUT2D eigenvalue weighted by molar-refractivity contribution is 5.22. The fourth-order valence-electron chi connectivity index (χ4n) is 2.20. The van der Waals surface area contributed by atoms with Crippen molar-refractivity contribution >= 4 is 0 Å². The molecule has 1 heterocycles. The Bertz CT molecular complexity index is 575. The van der Waals surface area contributed by atoms with Crippen LogP contribution in [-0.2, 0) is 6.54 Å². The third-order valence-electron chi connectivity index (χ3n) is 3.52. The van der Waals surface area contributed by atoms with E-state index in [2.05, 4.69) is 23.7 Å². The van der Waals surface area contributed by atoms with Gasteiger partial charge in [-0.1, -0.05) is 6.07 Å². The number of halogens is 1. The van der Waals surface area contributed by atoms with Crippen LogP contribution >= 0.6 is 0 Å². The lowest BCUT2D eigenvalue weighted by atomic mass is 10.2. The zero-order valence-electron chi connectivity index (χ0n) is 13.5. The normalized spacial score (nSPS) is 12.6. The van der Waals surface area contributed by atoms with Gasteiger partial charge in [0.2, 0.25) is 0 Å². The molecule has 0 fully saturated rings. The lowest BCUT2D eigenvalue weighted by Crippen LogP contribution is -2.39. The van der Waals surface area contributed by atoms with Crippen LogP contribution in [0.2, 0.25) is 0 Å². The fraction of sp³-hybridized carbons (Fsp3) is 0.389. The molecule has 0 unspecified atom stereocenters. The topological polar surface area (TPSA) is 45.6 Å². The summed E-state index contributed by atoms with van der Waals surface area (Å²) < 4.78 is 18.3. The first-order valence-corrected chi connectivity index (χ1v) is 7.75. The van der Waals surface area contributed by atoms with Gasteiger partial charge in [0.25, 0.3) is 0 Å². The molecule has 0 spiro atoms. The third-order valence-corrected chi connectivity index (χ3v) is 3.52. The van der Waals surface area contributed by atoms with Crippen molar-refractivity contribution in [3.05, 3.63) is 60.2 Å². The number of rotatable bonds is 8. The predicted octanol–water partition coefficient (Wildman–Crippen LogP) is 2.87. The molecular weight excluding hydrogens is 295 g/mol. The first kappa shape index (κ1) is 17.4. The van der Waals surface area contributed by atoms with E-state index in [9.17, 15) is 9.50 Å². The minimum atomic E-state index is -0.633. The Morgan fingerprint density at radius 2 is 1.91 bits per heavy atom. The van der Waals surface area contributed by atoms with E-state index in [-0.39, 0.29) is 18.5 Å². The molecule has 0 aliphatic heterocycles. The number of hydrogen-bond donors (Lipinski definition) is 1. The van der Waals surface area contributed by atoms with Crippen molar-refractivity contribution in [2.75, 3.05) is 13.2 Å². The maximum atomic E-state index is 12.8. The molecule has 0 aliphatic carbocycles. The molecular formula is C18H23FN2O2. The molecule has 124 valence electrons. The monoisotopic (exact) mass is 318 g/mol. The highest BCUT2D eigenvalue weighted by Gasteiger charge is 2.16. The number of aromatic nitrogens is 1. The van der Waals surface area contributed by atoms with Crippen LogP contribution in [0.1, 0.15) is 19.5 Å². The molecule has 1 N–H and O–H groups in total. The SMILES string of the molecule is CC(C)N(Cc1ccccn1)C[C@H](O)COc1ccc(F)cc1. The van der Waals surface area contributed by atoms with Gasteiger partial charge in [-0.15, -0.1) is 0 Å². The summed E-state index contributed by atoms with van der Waals surface area (Å²) in [6, 6.07) is 11.9. The van der Waals surface area contributed by atoms with E-state index in [1.807, 2.05) is 18.2 Å². The molecule has 1 aromatic heterocycles. The predicted molar refractivity (Wildman–Crippen MR) is 87.7 cm³/mol. The van der Waals surface area contributed by atoms with Gasteiger partial charge in [-0.2, -0.15) is 0 Å².